The zero-order valence-corrected chi connectivity index (χ0v) is 15.7. The van der Waals surface area contributed by atoms with E-state index in [-0.39, 0.29) is 4.75 Å². The molecule has 0 saturated heterocycles. The Bertz CT molecular complexity index is 678. The molecule has 4 nitrogen and oxygen atoms in total. The van der Waals surface area contributed by atoms with Crippen LogP contribution in [0.4, 0.5) is 0 Å². The standard InChI is InChI=1S/C17H25ClN4S/c1-17(2,23-4)11-22-16(19-3)20-8-7-12-10-21-15-6-5-13(18)9-14(12)15/h5-6,9-10,21H,7-8,11H2,1-4H3,(H2,19,20,22). The van der Waals surface area contributed by atoms with Crippen molar-refractivity contribution in [2.45, 2.75) is 25.0 Å². The fourth-order valence-electron chi connectivity index (χ4n) is 2.26. The number of rotatable bonds is 6. The molecule has 0 bridgehead atoms. The number of guanidine groups is 1. The van der Waals surface area contributed by atoms with Crippen LogP contribution >= 0.6 is 23.4 Å². The lowest BCUT2D eigenvalue weighted by Crippen LogP contribution is -2.43. The molecule has 0 spiro atoms. The Balaban J connectivity index is 1.89. The topological polar surface area (TPSA) is 52.2 Å². The van der Waals surface area contributed by atoms with Crippen LogP contribution in [0.1, 0.15) is 19.4 Å². The van der Waals surface area contributed by atoms with E-state index < -0.39 is 0 Å². The minimum Gasteiger partial charge on any atom is -0.361 e. The first-order valence-electron chi connectivity index (χ1n) is 7.70. The highest BCUT2D eigenvalue weighted by atomic mass is 35.5. The Kier molecular flexibility index (Phi) is 6.25. The Hall–Kier alpha value is -1.33. The van der Waals surface area contributed by atoms with Crippen molar-refractivity contribution in [1.29, 1.82) is 0 Å². The normalized spacial score (nSPS) is 12.7. The molecule has 0 saturated carbocycles. The third-order valence-corrected chi connectivity index (χ3v) is 5.36. The molecule has 6 heteroatoms. The molecule has 0 amide bonds. The summed E-state index contributed by atoms with van der Waals surface area (Å²) in [5.41, 5.74) is 2.38. The average Bonchev–Trinajstić information content (AvgIpc) is 2.93. The molecule has 0 aliphatic carbocycles. The number of nitrogens with one attached hydrogen (secondary N) is 3. The molecule has 2 rings (SSSR count). The molecule has 1 aromatic heterocycles. The minimum atomic E-state index is 0.186. The lowest BCUT2D eigenvalue weighted by Gasteiger charge is -2.23. The fraction of sp³-hybridized carbons (Fsp3) is 0.471. The van der Waals surface area contributed by atoms with Gasteiger partial charge in [-0.2, -0.15) is 11.8 Å². The number of benzene rings is 1. The zero-order chi connectivity index (χ0) is 16.9. The monoisotopic (exact) mass is 352 g/mol. The van der Waals surface area contributed by atoms with E-state index in [9.17, 15) is 0 Å². The van der Waals surface area contributed by atoms with Crippen LogP contribution in [0.2, 0.25) is 5.02 Å². The van der Waals surface area contributed by atoms with Crippen molar-refractivity contribution in [3.8, 4) is 0 Å². The second kappa shape index (κ2) is 7.97. The van der Waals surface area contributed by atoms with Crippen molar-refractivity contribution in [3.63, 3.8) is 0 Å². The first-order valence-corrected chi connectivity index (χ1v) is 9.30. The predicted octanol–water partition coefficient (Wildman–Crippen LogP) is 3.67. The Labute approximate surface area is 147 Å². The average molecular weight is 353 g/mol. The third-order valence-electron chi connectivity index (χ3n) is 3.87. The number of hydrogen-bond donors (Lipinski definition) is 3. The second-order valence-corrected chi connectivity index (χ2v) is 8.02. The van der Waals surface area contributed by atoms with E-state index in [0.717, 1.165) is 36.0 Å². The highest BCUT2D eigenvalue weighted by Gasteiger charge is 2.16. The summed E-state index contributed by atoms with van der Waals surface area (Å²) in [6, 6.07) is 5.93. The molecule has 23 heavy (non-hydrogen) atoms. The van der Waals surface area contributed by atoms with Gasteiger partial charge in [-0.05, 0) is 50.3 Å². The Morgan fingerprint density at radius 1 is 1.35 bits per heavy atom. The number of aliphatic imine (C=N–C) groups is 1. The van der Waals surface area contributed by atoms with E-state index in [4.69, 9.17) is 11.6 Å². The number of nitrogens with zero attached hydrogens (tertiary/aromatic N) is 1. The summed E-state index contributed by atoms with van der Waals surface area (Å²) in [7, 11) is 1.80. The maximum Gasteiger partial charge on any atom is 0.191 e. The highest BCUT2D eigenvalue weighted by Crippen LogP contribution is 2.22. The lowest BCUT2D eigenvalue weighted by molar-refractivity contribution is 0.664. The van der Waals surface area contributed by atoms with Gasteiger partial charge in [0.15, 0.2) is 5.96 Å². The van der Waals surface area contributed by atoms with Gasteiger partial charge in [-0.25, -0.2) is 0 Å². The maximum atomic E-state index is 6.09. The summed E-state index contributed by atoms with van der Waals surface area (Å²) >= 11 is 7.93. The van der Waals surface area contributed by atoms with Crippen molar-refractivity contribution in [2.75, 3.05) is 26.4 Å². The second-order valence-electron chi connectivity index (χ2n) is 6.07. The molecule has 3 N–H and O–H groups in total. The van der Waals surface area contributed by atoms with Gasteiger partial charge in [0.05, 0.1) is 0 Å². The molecule has 2 aromatic rings. The van der Waals surface area contributed by atoms with E-state index in [1.165, 1.54) is 10.9 Å². The number of aromatic nitrogens is 1. The molecule has 0 aliphatic rings. The Morgan fingerprint density at radius 2 is 2.13 bits per heavy atom. The van der Waals surface area contributed by atoms with Gasteiger partial charge in [0.1, 0.15) is 0 Å². The summed E-state index contributed by atoms with van der Waals surface area (Å²) in [4.78, 5) is 7.56. The zero-order valence-electron chi connectivity index (χ0n) is 14.2. The van der Waals surface area contributed by atoms with Crippen LogP contribution in [0.5, 0.6) is 0 Å². The van der Waals surface area contributed by atoms with Crippen molar-refractivity contribution >= 4 is 40.2 Å². The van der Waals surface area contributed by atoms with Gasteiger partial charge in [0.2, 0.25) is 0 Å². The van der Waals surface area contributed by atoms with Crippen LogP contribution < -0.4 is 10.6 Å². The largest absolute Gasteiger partial charge is 0.361 e. The molecule has 1 heterocycles. The molecule has 0 atom stereocenters. The molecule has 0 radical (unpaired) electrons. The lowest BCUT2D eigenvalue weighted by atomic mass is 10.1. The summed E-state index contributed by atoms with van der Waals surface area (Å²) in [6.07, 6.45) is 5.09. The smallest absolute Gasteiger partial charge is 0.191 e. The molecule has 1 aromatic carbocycles. The Morgan fingerprint density at radius 3 is 2.83 bits per heavy atom. The van der Waals surface area contributed by atoms with Gasteiger partial charge in [-0.1, -0.05) is 11.6 Å². The number of aromatic amines is 1. The van der Waals surface area contributed by atoms with Crippen LogP contribution in [0.25, 0.3) is 10.9 Å². The molecule has 0 aliphatic heterocycles. The van der Waals surface area contributed by atoms with E-state index in [2.05, 4.69) is 46.9 Å². The highest BCUT2D eigenvalue weighted by molar-refractivity contribution is 7.99. The minimum absolute atomic E-state index is 0.186. The van der Waals surface area contributed by atoms with Gasteiger partial charge in [0.25, 0.3) is 0 Å². The first kappa shape index (κ1) is 18.0. The van der Waals surface area contributed by atoms with Crippen molar-refractivity contribution in [2.24, 2.45) is 4.99 Å². The summed E-state index contributed by atoms with van der Waals surface area (Å²) in [5, 5.41) is 8.70. The van der Waals surface area contributed by atoms with Gasteiger partial charge < -0.3 is 15.6 Å². The number of thioether (sulfide) groups is 1. The molecular weight excluding hydrogens is 328 g/mol. The number of hydrogen-bond acceptors (Lipinski definition) is 2. The van der Waals surface area contributed by atoms with Gasteiger partial charge >= 0.3 is 0 Å². The first-order chi connectivity index (χ1) is 10.9. The van der Waals surface area contributed by atoms with E-state index in [1.807, 2.05) is 30.0 Å². The van der Waals surface area contributed by atoms with Crippen LogP contribution in [0.3, 0.4) is 0 Å². The van der Waals surface area contributed by atoms with Gasteiger partial charge in [-0.3, -0.25) is 4.99 Å². The third kappa shape index (κ3) is 5.08. The number of halogens is 1. The molecule has 0 fully saturated rings. The van der Waals surface area contributed by atoms with E-state index in [0.29, 0.717) is 0 Å². The van der Waals surface area contributed by atoms with Gasteiger partial charge in [0, 0.05) is 47.0 Å². The summed E-state index contributed by atoms with van der Waals surface area (Å²) < 4.78 is 0.186. The predicted molar refractivity (Wildman–Crippen MR) is 104 cm³/mol. The quantitative estimate of drug-likeness (QED) is 0.549. The van der Waals surface area contributed by atoms with Crippen LogP contribution in [-0.4, -0.2) is 42.1 Å². The van der Waals surface area contributed by atoms with Crippen molar-refractivity contribution < 1.29 is 0 Å². The molecule has 0 unspecified atom stereocenters. The van der Waals surface area contributed by atoms with Crippen LogP contribution in [0.15, 0.2) is 29.4 Å². The fourth-order valence-corrected chi connectivity index (χ4v) is 2.65. The van der Waals surface area contributed by atoms with Crippen molar-refractivity contribution in [1.82, 2.24) is 15.6 Å². The molecular formula is C17H25ClN4S. The number of H-pyrrole nitrogens is 1. The SMILES string of the molecule is CN=C(NCCc1c[nH]c2ccc(Cl)cc12)NCC(C)(C)SC. The van der Waals surface area contributed by atoms with Gasteiger partial charge in [-0.15, -0.1) is 0 Å². The summed E-state index contributed by atoms with van der Waals surface area (Å²) in [5.74, 6) is 0.838. The van der Waals surface area contributed by atoms with Crippen LogP contribution in [0, 0.1) is 0 Å². The van der Waals surface area contributed by atoms with Crippen LogP contribution in [-0.2, 0) is 6.42 Å². The van der Waals surface area contributed by atoms with E-state index in [1.54, 1.807) is 7.05 Å². The van der Waals surface area contributed by atoms with E-state index >= 15 is 0 Å². The number of fused-ring (bicyclic) bond motifs is 1. The maximum absolute atomic E-state index is 6.09. The molecule has 126 valence electrons. The summed E-state index contributed by atoms with van der Waals surface area (Å²) in [6.45, 7) is 6.12. The van der Waals surface area contributed by atoms with Crippen molar-refractivity contribution in [3.05, 3.63) is 35.0 Å².